The summed E-state index contributed by atoms with van der Waals surface area (Å²) in [5, 5.41) is 2.85. The number of hydrogen-bond acceptors (Lipinski definition) is 5. The molecule has 0 spiro atoms. The highest BCUT2D eigenvalue weighted by molar-refractivity contribution is 5.92. The van der Waals surface area contributed by atoms with Gasteiger partial charge < -0.3 is 0 Å². The van der Waals surface area contributed by atoms with E-state index in [4.69, 9.17) is 0 Å². The van der Waals surface area contributed by atoms with Gasteiger partial charge in [-0.1, -0.05) is 32.1 Å². The van der Waals surface area contributed by atoms with Crippen LogP contribution >= 0.6 is 0 Å². The van der Waals surface area contributed by atoms with Gasteiger partial charge in [0.25, 0.3) is 5.56 Å². The number of carbonyl (C=O) groups excluding carboxylic acids is 1. The minimum absolute atomic E-state index is 0.157. The molecule has 8 heteroatoms. The van der Waals surface area contributed by atoms with Crippen molar-refractivity contribution in [1.82, 2.24) is 19.5 Å². The first kappa shape index (κ1) is 19.2. The number of benzene rings is 1. The summed E-state index contributed by atoms with van der Waals surface area (Å²) in [7, 11) is 0. The number of halogens is 1. The molecule has 3 aromatic rings. The highest BCUT2D eigenvalue weighted by Crippen LogP contribution is 2.31. The van der Waals surface area contributed by atoms with E-state index in [-0.39, 0.29) is 17.2 Å². The van der Waals surface area contributed by atoms with Crippen LogP contribution in [0.1, 0.15) is 44.6 Å². The normalized spacial score (nSPS) is 15.9. The van der Waals surface area contributed by atoms with Crippen LogP contribution in [0.25, 0.3) is 10.9 Å². The minimum atomic E-state index is -0.769. The van der Waals surface area contributed by atoms with Gasteiger partial charge in [-0.15, -0.1) is 0 Å². The predicted molar refractivity (Wildman–Crippen MR) is 107 cm³/mol. The molecule has 29 heavy (non-hydrogen) atoms. The van der Waals surface area contributed by atoms with Gasteiger partial charge in [-0.3, -0.25) is 19.5 Å². The molecular weight excluding hydrogens is 373 g/mol. The fraction of sp³-hybridized carbons (Fsp3) is 0.381. The fourth-order valence-electron chi connectivity index (χ4n) is 3.97. The maximum Gasteiger partial charge on any atom is 0.262 e. The van der Waals surface area contributed by atoms with E-state index < -0.39 is 17.4 Å². The Bertz CT molecular complexity index is 1060. The predicted octanol–water partition coefficient (Wildman–Crippen LogP) is 3.48. The van der Waals surface area contributed by atoms with Crippen LogP contribution in [0, 0.1) is 11.7 Å². The van der Waals surface area contributed by atoms with Crippen molar-refractivity contribution in [2.75, 3.05) is 5.32 Å². The topological polar surface area (TPSA) is 89.8 Å². The Balaban J connectivity index is 1.71. The lowest BCUT2D eigenvalue weighted by Gasteiger charge is -2.27. The fourth-order valence-corrected chi connectivity index (χ4v) is 3.97. The van der Waals surface area contributed by atoms with Gasteiger partial charge in [-0.05, 0) is 36.6 Å². The zero-order valence-electron chi connectivity index (χ0n) is 15.9. The molecule has 1 aromatic carbocycles. The van der Waals surface area contributed by atoms with Crippen LogP contribution in [-0.2, 0) is 4.79 Å². The van der Waals surface area contributed by atoms with Gasteiger partial charge in [-0.2, -0.15) is 0 Å². The van der Waals surface area contributed by atoms with Gasteiger partial charge >= 0.3 is 0 Å². The molecule has 1 fully saturated rings. The molecule has 1 aliphatic carbocycles. The molecule has 0 saturated heterocycles. The number of fused-ring (bicyclic) bond motifs is 1. The summed E-state index contributed by atoms with van der Waals surface area (Å²) in [5.41, 5.74) is -0.0321. The third-order valence-corrected chi connectivity index (χ3v) is 5.47. The number of nitrogens with one attached hydrogen (secondary N) is 1. The van der Waals surface area contributed by atoms with Crippen LogP contribution in [0.2, 0.25) is 0 Å². The SMILES string of the molecule is O=C(Nc1ncccn1)C(CC1CCCCC1)n1cnc2ccc(F)cc2c1=O. The number of nitrogens with zero attached hydrogens (tertiary/aromatic N) is 4. The molecule has 7 nitrogen and oxygen atoms in total. The standard InChI is InChI=1S/C21H22FN5O2/c22-15-7-8-17-16(12-15)20(29)27(13-25-17)18(11-14-5-2-1-3-6-14)19(28)26-21-23-9-4-10-24-21/h4,7-10,12-14,18H,1-3,5-6,11H2,(H,23,24,26,28). The second kappa shape index (κ2) is 8.46. The molecule has 4 rings (SSSR count). The Labute approximate surface area is 167 Å². The molecule has 2 aromatic heterocycles. The summed E-state index contributed by atoms with van der Waals surface area (Å²) < 4.78 is 15.0. The van der Waals surface area contributed by atoms with E-state index in [0.29, 0.717) is 17.9 Å². The summed E-state index contributed by atoms with van der Waals surface area (Å²) in [4.78, 5) is 38.5. The van der Waals surface area contributed by atoms with E-state index in [0.717, 1.165) is 31.7 Å². The smallest absolute Gasteiger partial charge is 0.262 e. The van der Waals surface area contributed by atoms with Crippen LogP contribution in [0.15, 0.2) is 47.8 Å². The molecule has 2 heterocycles. The Kier molecular flexibility index (Phi) is 5.59. The Morgan fingerprint density at radius 3 is 2.69 bits per heavy atom. The van der Waals surface area contributed by atoms with Gasteiger partial charge in [0.2, 0.25) is 11.9 Å². The average Bonchev–Trinajstić information content (AvgIpc) is 2.74. The summed E-state index contributed by atoms with van der Waals surface area (Å²) in [6, 6.07) is 4.77. The highest BCUT2D eigenvalue weighted by Gasteiger charge is 2.28. The van der Waals surface area contributed by atoms with Gasteiger partial charge in [0.1, 0.15) is 11.9 Å². The van der Waals surface area contributed by atoms with E-state index in [9.17, 15) is 14.0 Å². The first-order chi connectivity index (χ1) is 14.1. The third kappa shape index (κ3) is 4.31. The highest BCUT2D eigenvalue weighted by atomic mass is 19.1. The Morgan fingerprint density at radius 2 is 1.93 bits per heavy atom. The Hall–Kier alpha value is -3.16. The second-order valence-electron chi connectivity index (χ2n) is 7.44. The zero-order valence-corrected chi connectivity index (χ0v) is 15.9. The maximum absolute atomic E-state index is 13.7. The van der Waals surface area contributed by atoms with Crippen molar-refractivity contribution in [1.29, 1.82) is 0 Å². The van der Waals surface area contributed by atoms with Crippen LogP contribution < -0.4 is 10.9 Å². The van der Waals surface area contributed by atoms with E-state index >= 15 is 0 Å². The number of carbonyl (C=O) groups is 1. The van der Waals surface area contributed by atoms with Crippen molar-refractivity contribution in [3.05, 3.63) is 59.2 Å². The van der Waals surface area contributed by atoms with Gasteiger partial charge in [-0.25, -0.2) is 19.3 Å². The lowest BCUT2D eigenvalue weighted by Crippen LogP contribution is -2.35. The third-order valence-electron chi connectivity index (χ3n) is 5.47. The minimum Gasteiger partial charge on any atom is -0.293 e. The van der Waals surface area contributed by atoms with Crippen molar-refractivity contribution in [2.24, 2.45) is 5.92 Å². The molecule has 1 atom stereocenters. The van der Waals surface area contributed by atoms with E-state index in [2.05, 4.69) is 20.3 Å². The average molecular weight is 395 g/mol. The summed E-state index contributed by atoms with van der Waals surface area (Å²) >= 11 is 0. The molecule has 150 valence electrons. The van der Waals surface area contributed by atoms with Gasteiger partial charge in [0, 0.05) is 12.4 Å². The maximum atomic E-state index is 13.7. The second-order valence-corrected chi connectivity index (χ2v) is 7.44. The molecule has 1 amide bonds. The number of rotatable bonds is 5. The summed E-state index contributed by atoms with van der Waals surface area (Å²) in [5.74, 6) is -0.369. The van der Waals surface area contributed by atoms with Gasteiger partial charge in [0.15, 0.2) is 0 Å². The largest absolute Gasteiger partial charge is 0.293 e. The van der Waals surface area contributed by atoms with E-state index in [1.165, 1.54) is 41.8 Å². The van der Waals surface area contributed by atoms with E-state index in [1.807, 2.05) is 0 Å². The number of aromatic nitrogens is 4. The first-order valence-corrected chi connectivity index (χ1v) is 9.86. The summed E-state index contributed by atoms with van der Waals surface area (Å²) in [6.07, 6.45) is 10.4. The van der Waals surface area contributed by atoms with Crippen molar-refractivity contribution in [2.45, 2.75) is 44.6 Å². The van der Waals surface area contributed by atoms with Crippen LogP contribution in [-0.4, -0.2) is 25.4 Å². The van der Waals surface area contributed by atoms with Crippen molar-refractivity contribution in [3.63, 3.8) is 0 Å². The molecule has 1 unspecified atom stereocenters. The molecule has 0 bridgehead atoms. The van der Waals surface area contributed by atoms with Gasteiger partial charge in [0.05, 0.1) is 17.2 Å². The molecule has 1 N–H and O–H groups in total. The van der Waals surface area contributed by atoms with Crippen molar-refractivity contribution >= 4 is 22.8 Å². The van der Waals surface area contributed by atoms with E-state index in [1.54, 1.807) is 6.07 Å². The molecular formula is C21H22FN5O2. The lowest BCUT2D eigenvalue weighted by molar-refractivity contribution is -0.120. The molecule has 0 radical (unpaired) electrons. The number of amides is 1. The quantitative estimate of drug-likeness (QED) is 0.714. The van der Waals surface area contributed by atoms with Crippen LogP contribution in [0.3, 0.4) is 0 Å². The Morgan fingerprint density at radius 1 is 1.17 bits per heavy atom. The molecule has 0 aliphatic heterocycles. The number of hydrogen-bond donors (Lipinski definition) is 1. The van der Waals surface area contributed by atoms with Crippen LogP contribution in [0.4, 0.5) is 10.3 Å². The van der Waals surface area contributed by atoms with Crippen LogP contribution in [0.5, 0.6) is 0 Å². The zero-order chi connectivity index (χ0) is 20.2. The first-order valence-electron chi connectivity index (χ1n) is 9.86. The molecule has 1 saturated carbocycles. The van der Waals surface area contributed by atoms with Crippen molar-refractivity contribution < 1.29 is 9.18 Å². The summed E-state index contributed by atoms with van der Waals surface area (Å²) in [6.45, 7) is 0. The lowest BCUT2D eigenvalue weighted by atomic mass is 9.84. The monoisotopic (exact) mass is 395 g/mol. The van der Waals surface area contributed by atoms with Crippen molar-refractivity contribution in [3.8, 4) is 0 Å². The number of anilines is 1. The molecule has 1 aliphatic rings.